The van der Waals surface area contributed by atoms with Crippen LogP contribution in [0.1, 0.15) is 26.2 Å². The van der Waals surface area contributed by atoms with E-state index in [1.807, 2.05) is 0 Å². The molecule has 2 heterocycles. The lowest BCUT2D eigenvalue weighted by Crippen LogP contribution is -2.47. The fraction of sp³-hybridized carbons (Fsp3) is 0.611. The second kappa shape index (κ2) is 7.94. The molecule has 1 aromatic carbocycles. The van der Waals surface area contributed by atoms with E-state index in [4.69, 9.17) is 4.74 Å². The number of likely N-dealkylation sites (tertiary alicyclic amines) is 2. The first-order valence-corrected chi connectivity index (χ1v) is 10.6. The maximum Gasteiger partial charge on any atom is 0.241 e. The van der Waals surface area contributed by atoms with Gasteiger partial charge in [-0.1, -0.05) is 0 Å². The van der Waals surface area contributed by atoms with Gasteiger partial charge in [-0.05, 0) is 63.5 Å². The first kappa shape index (κ1) is 19.1. The van der Waals surface area contributed by atoms with Crippen LogP contribution in [0.4, 0.5) is 0 Å². The van der Waals surface area contributed by atoms with Crippen molar-refractivity contribution in [3.05, 3.63) is 24.3 Å². The average molecular weight is 381 g/mol. The molecule has 2 aliphatic rings. The molecule has 0 saturated carbocycles. The Morgan fingerprint density at radius 3 is 2.46 bits per heavy atom. The fourth-order valence-electron chi connectivity index (χ4n) is 3.73. The largest absolute Gasteiger partial charge is 0.497 e. The molecule has 26 heavy (non-hydrogen) atoms. The Hall–Kier alpha value is -1.64. The highest BCUT2D eigenvalue weighted by atomic mass is 32.2. The van der Waals surface area contributed by atoms with E-state index in [0.717, 1.165) is 19.5 Å². The summed E-state index contributed by atoms with van der Waals surface area (Å²) in [4.78, 5) is 17.0. The van der Waals surface area contributed by atoms with Gasteiger partial charge < -0.3 is 9.64 Å². The molecule has 0 radical (unpaired) electrons. The van der Waals surface area contributed by atoms with E-state index in [0.29, 0.717) is 24.9 Å². The van der Waals surface area contributed by atoms with Crippen LogP contribution in [0.2, 0.25) is 0 Å². The minimum atomic E-state index is -3.75. The lowest BCUT2D eigenvalue weighted by molar-refractivity contribution is -0.131. The van der Waals surface area contributed by atoms with Gasteiger partial charge in [0.1, 0.15) is 5.75 Å². The number of sulfonamides is 1. The number of hydrogen-bond acceptors (Lipinski definition) is 5. The first-order valence-electron chi connectivity index (χ1n) is 9.10. The van der Waals surface area contributed by atoms with Crippen molar-refractivity contribution in [2.45, 2.75) is 43.2 Å². The number of rotatable bonds is 6. The molecule has 2 aliphatic heterocycles. The van der Waals surface area contributed by atoms with Gasteiger partial charge in [0.15, 0.2) is 0 Å². The van der Waals surface area contributed by atoms with Crippen LogP contribution in [-0.4, -0.2) is 69.5 Å². The van der Waals surface area contributed by atoms with Crippen molar-refractivity contribution in [3.63, 3.8) is 0 Å². The number of carbonyl (C=O) groups excluding carboxylic acids is 1. The lowest BCUT2D eigenvalue weighted by Gasteiger charge is -2.25. The summed E-state index contributed by atoms with van der Waals surface area (Å²) in [7, 11) is -2.23. The van der Waals surface area contributed by atoms with E-state index in [1.165, 1.54) is 32.1 Å². The van der Waals surface area contributed by atoms with Crippen molar-refractivity contribution in [1.82, 2.24) is 14.5 Å². The number of hydrogen-bond donors (Lipinski definition) is 1. The lowest BCUT2D eigenvalue weighted by atomic mass is 10.2. The van der Waals surface area contributed by atoms with Crippen LogP contribution in [-0.2, 0) is 14.8 Å². The number of benzene rings is 1. The highest BCUT2D eigenvalue weighted by Gasteiger charge is 2.34. The van der Waals surface area contributed by atoms with Gasteiger partial charge in [-0.15, -0.1) is 0 Å². The van der Waals surface area contributed by atoms with Crippen molar-refractivity contribution in [1.29, 1.82) is 0 Å². The Morgan fingerprint density at radius 1 is 1.19 bits per heavy atom. The van der Waals surface area contributed by atoms with Crippen LogP contribution in [0.5, 0.6) is 5.75 Å². The predicted molar refractivity (Wildman–Crippen MR) is 98.6 cm³/mol. The molecule has 1 amide bonds. The summed E-state index contributed by atoms with van der Waals surface area (Å²) in [6, 6.07) is 5.73. The number of ether oxygens (including phenoxy) is 1. The summed E-state index contributed by atoms with van der Waals surface area (Å²) < 4.78 is 32.5. The summed E-state index contributed by atoms with van der Waals surface area (Å²) >= 11 is 0. The molecule has 144 valence electrons. The minimum absolute atomic E-state index is 0.120. The van der Waals surface area contributed by atoms with Crippen LogP contribution >= 0.6 is 0 Å². The second-order valence-electron chi connectivity index (χ2n) is 6.99. The second-order valence-corrected chi connectivity index (χ2v) is 8.70. The zero-order valence-electron chi connectivity index (χ0n) is 15.3. The van der Waals surface area contributed by atoms with Gasteiger partial charge in [0, 0.05) is 19.1 Å². The van der Waals surface area contributed by atoms with Crippen LogP contribution in [0.15, 0.2) is 29.2 Å². The fourth-order valence-corrected chi connectivity index (χ4v) is 4.92. The quantitative estimate of drug-likeness (QED) is 0.797. The van der Waals surface area contributed by atoms with Gasteiger partial charge in [-0.2, -0.15) is 4.72 Å². The van der Waals surface area contributed by atoms with Gasteiger partial charge in [-0.3, -0.25) is 9.69 Å². The standard InChI is InChI=1S/C18H27N3O4S/c1-14(19-26(23,24)17-7-5-16(25-2)6-8-17)18(22)21-12-9-15(13-21)20-10-3-4-11-20/h5-8,14-15,19H,3-4,9-13H2,1-2H3/t14-,15?/m0/s1. The van der Waals surface area contributed by atoms with E-state index < -0.39 is 16.1 Å². The topological polar surface area (TPSA) is 78.9 Å². The molecule has 1 unspecified atom stereocenters. The molecule has 0 spiro atoms. The van der Waals surface area contributed by atoms with Crippen molar-refractivity contribution in [2.75, 3.05) is 33.3 Å². The molecule has 2 fully saturated rings. The third-order valence-electron chi connectivity index (χ3n) is 5.20. The van der Waals surface area contributed by atoms with Gasteiger partial charge in [0.25, 0.3) is 0 Å². The molecular weight excluding hydrogens is 354 g/mol. The molecular formula is C18H27N3O4S. The molecule has 2 atom stereocenters. The van der Waals surface area contributed by atoms with Crippen LogP contribution in [0.3, 0.4) is 0 Å². The third kappa shape index (κ3) is 4.19. The van der Waals surface area contributed by atoms with Crippen molar-refractivity contribution >= 4 is 15.9 Å². The van der Waals surface area contributed by atoms with Crippen molar-refractivity contribution in [2.24, 2.45) is 0 Å². The number of methoxy groups -OCH3 is 1. The molecule has 0 aromatic heterocycles. The highest BCUT2D eigenvalue weighted by molar-refractivity contribution is 7.89. The SMILES string of the molecule is COc1ccc(S(=O)(=O)N[C@@H](C)C(=O)N2CCC(N3CCCC3)C2)cc1. The Balaban J connectivity index is 1.59. The number of nitrogens with zero attached hydrogens (tertiary/aromatic N) is 2. The summed E-state index contributed by atoms with van der Waals surface area (Å²) in [6.45, 7) is 5.19. The number of nitrogens with one attached hydrogen (secondary N) is 1. The smallest absolute Gasteiger partial charge is 0.241 e. The van der Waals surface area contributed by atoms with E-state index in [-0.39, 0.29) is 10.8 Å². The van der Waals surface area contributed by atoms with Gasteiger partial charge >= 0.3 is 0 Å². The molecule has 0 aliphatic carbocycles. The third-order valence-corrected chi connectivity index (χ3v) is 6.76. The van der Waals surface area contributed by atoms with E-state index >= 15 is 0 Å². The average Bonchev–Trinajstić information content (AvgIpc) is 3.32. The summed E-state index contributed by atoms with van der Waals surface area (Å²) in [6.07, 6.45) is 3.41. The highest BCUT2D eigenvalue weighted by Crippen LogP contribution is 2.21. The van der Waals surface area contributed by atoms with Crippen molar-refractivity contribution in [3.8, 4) is 5.75 Å². The summed E-state index contributed by atoms with van der Waals surface area (Å²) in [5.74, 6) is 0.418. The first-order chi connectivity index (χ1) is 12.4. The maximum absolute atomic E-state index is 12.7. The zero-order valence-corrected chi connectivity index (χ0v) is 16.2. The summed E-state index contributed by atoms with van der Waals surface area (Å²) in [5, 5.41) is 0. The predicted octanol–water partition coefficient (Wildman–Crippen LogP) is 1.06. The van der Waals surface area contributed by atoms with E-state index in [1.54, 1.807) is 24.0 Å². The van der Waals surface area contributed by atoms with Crippen LogP contribution in [0.25, 0.3) is 0 Å². The molecule has 1 N–H and O–H groups in total. The molecule has 7 nitrogen and oxygen atoms in total. The minimum Gasteiger partial charge on any atom is -0.497 e. The molecule has 2 saturated heterocycles. The Bertz CT molecular complexity index is 729. The molecule has 1 aromatic rings. The maximum atomic E-state index is 12.7. The van der Waals surface area contributed by atoms with Gasteiger partial charge in [0.2, 0.25) is 15.9 Å². The molecule has 3 rings (SSSR count). The van der Waals surface area contributed by atoms with Gasteiger partial charge in [-0.25, -0.2) is 8.42 Å². The Morgan fingerprint density at radius 2 is 1.85 bits per heavy atom. The van der Waals surface area contributed by atoms with Crippen molar-refractivity contribution < 1.29 is 17.9 Å². The van der Waals surface area contributed by atoms with E-state index in [2.05, 4.69) is 9.62 Å². The monoisotopic (exact) mass is 381 g/mol. The van der Waals surface area contributed by atoms with Crippen LogP contribution < -0.4 is 9.46 Å². The van der Waals surface area contributed by atoms with Gasteiger partial charge in [0.05, 0.1) is 18.0 Å². The molecule has 0 bridgehead atoms. The number of carbonyl (C=O) groups is 1. The Labute approximate surface area is 155 Å². The Kier molecular flexibility index (Phi) is 5.84. The zero-order chi connectivity index (χ0) is 18.7. The summed E-state index contributed by atoms with van der Waals surface area (Å²) in [5.41, 5.74) is 0. The molecule has 8 heteroatoms. The number of amides is 1. The van der Waals surface area contributed by atoms with Crippen LogP contribution in [0, 0.1) is 0 Å². The van der Waals surface area contributed by atoms with E-state index in [9.17, 15) is 13.2 Å². The normalized spacial score (nSPS) is 22.5.